The summed E-state index contributed by atoms with van der Waals surface area (Å²) in [5, 5.41) is 3.10. The quantitative estimate of drug-likeness (QED) is 0.421. The Hall–Kier alpha value is -3.97. The lowest BCUT2D eigenvalue weighted by Crippen LogP contribution is -2.36. The van der Waals surface area contributed by atoms with Crippen LogP contribution in [0.3, 0.4) is 0 Å². The maximum absolute atomic E-state index is 13.4. The van der Waals surface area contributed by atoms with E-state index in [0.717, 1.165) is 17.0 Å². The second kappa shape index (κ2) is 9.35. The van der Waals surface area contributed by atoms with Crippen molar-refractivity contribution in [3.63, 3.8) is 0 Å². The molecule has 1 aromatic heterocycles. The molecule has 14 heteroatoms. The molecule has 9 nitrogen and oxygen atoms in total. The third-order valence-electron chi connectivity index (χ3n) is 6.55. The number of carbonyl (C=O) groups is 3. The van der Waals surface area contributed by atoms with E-state index in [1.54, 1.807) is 24.3 Å². The summed E-state index contributed by atoms with van der Waals surface area (Å²) in [4.78, 5) is 44.6. The minimum absolute atomic E-state index is 0.0656. The zero-order valence-corrected chi connectivity index (χ0v) is 21.3. The number of alkyl halides is 3. The van der Waals surface area contributed by atoms with Gasteiger partial charge in [-0.25, -0.2) is 18.1 Å². The number of imide groups is 1. The van der Waals surface area contributed by atoms with Gasteiger partial charge in [0.25, 0.3) is 21.7 Å². The summed E-state index contributed by atoms with van der Waals surface area (Å²) in [5.41, 5.74) is -5.62. The molecule has 1 N–H and O–H groups in total. The molecule has 5 rings (SSSR count). The number of sulfone groups is 1. The highest BCUT2D eigenvalue weighted by molar-refractivity contribution is 7.92. The van der Waals surface area contributed by atoms with E-state index in [4.69, 9.17) is 11.6 Å². The Kier molecular flexibility index (Phi) is 6.38. The number of urea groups is 1. The first-order chi connectivity index (χ1) is 18.3. The Morgan fingerprint density at radius 2 is 1.77 bits per heavy atom. The van der Waals surface area contributed by atoms with E-state index in [9.17, 15) is 36.0 Å². The van der Waals surface area contributed by atoms with Crippen LogP contribution in [-0.2, 0) is 21.2 Å². The molecule has 39 heavy (non-hydrogen) atoms. The molecular weight excluding hydrogens is 561 g/mol. The van der Waals surface area contributed by atoms with Gasteiger partial charge < -0.3 is 10.2 Å². The van der Waals surface area contributed by atoms with Gasteiger partial charge in [-0.15, -0.1) is 0 Å². The number of nitrogens with zero attached hydrogens (tertiary/aromatic N) is 3. The van der Waals surface area contributed by atoms with E-state index < -0.39 is 43.6 Å². The lowest BCUT2D eigenvalue weighted by atomic mass is 10.1. The summed E-state index contributed by atoms with van der Waals surface area (Å²) >= 11 is 5.97. The van der Waals surface area contributed by atoms with Gasteiger partial charge in [0.2, 0.25) is 0 Å². The van der Waals surface area contributed by atoms with Crippen molar-refractivity contribution in [1.82, 2.24) is 9.88 Å². The van der Waals surface area contributed by atoms with Gasteiger partial charge in [0.05, 0.1) is 29.0 Å². The number of nitrogens with one attached hydrogen (secondary N) is 1. The van der Waals surface area contributed by atoms with Crippen LogP contribution < -0.4 is 10.2 Å². The zero-order chi connectivity index (χ0) is 28.2. The Morgan fingerprint density at radius 1 is 1.08 bits per heavy atom. The number of aromatic nitrogens is 1. The maximum Gasteiger partial charge on any atom is 0.501 e. The molecule has 0 atom stereocenters. The topological polar surface area (TPSA) is 117 Å². The smallest absolute Gasteiger partial charge is 0.320 e. The number of halogens is 4. The fraction of sp³-hybridized carbons (Fsp3) is 0.200. The molecule has 2 fully saturated rings. The molecule has 1 saturated heterocycles. The molecule has 0 unspecified atom stereocenters. The second-order valence-electron chi connectivity index (χ2n) is 8.98. The van der Waals surface area contributed by atoms with E-state index in [2.05, 4.69) is 10.3 Å². The van der Waals surface area contributed by atoms with Gasteiger partial charge in [-0.3, -0.25) is 14.6 Å². The monoisotopic (exact) mass is 578 g/mol. The Balaban J connectivity index is 1.40. The molecule has 0 bridgehead atoms. The molecule has 1 spiro atoms. The van der Waals surface area contributed by atoms with E-state index >= 15 is 0 Å². The highest BCUT2D eigenvalue weighted by atomic mass is 35.5. The normalized spacial score (nSPS) is 16.6. The van der Waals surface area contributed by atoms with Crippen LogP contribution in [0.15, 0.2) is 71.9 Å². The zero-order valence-electron chi connectivity index (χ0n) is 19.8. The number of anilines is 2. The first-order valence-corrected chi connectivity index (χ1v) is 13.3. The standard InChI is InChI=1S/C25H18ClF3N4O5S/c26-17-3-1-2-15(12-17)21(34)31-20-13-30-11-8-16(20)14-32-23(36)33(22(35)24(32)9-10-24)18-4-6-19(7-5-18)39(37,38)25(27,28)29/h1-8,11-13H,9-10,14H2,(H,31,34). The summed E-state index contributed by atoms with van der Waals surface area (Å²) in [7, 11) is -5.59. The van der Waals surface area contributed by atoms with Crippen LogP contribution in [-0.4, -0.2) is 47.2 Å². The molecule has 1 saturated carbocycles. The summed E-state index contributed by atoms with van der Waals surface area (Å²) in [6.07, 6.45) is 3.59. The minimum atomic E-state index is -5.59. The summed E-state index contributed by atoms with van der Waals surface area (Å²) in [5.74, 6) is -1.04. The number of carbonyl (C=O) groups excluding carboxylic acids is 3. The molecule has 2 heterocycles. The van der Waals surface area contributed by atoms with Gasteiger partial charge >= 0.3 is 11.5 Å². The second-order valence-corrected chi connectivity index (χ2v) is 11.4. The molecule has 4 amide bonds. The maximum atomic E-state index is 13.4. The fourth-order valence-corrected chi connectivity index (χ4v) is 5.29. The average Bonchev–Trinajstić information content (AvgIpc) is 3.66. The summed E-state index contributed by atoms with van der Waals surface area (Å²) < 4.78 is 62.0. The Bertz CT molecular complexity index is 1610. The Morgan fingerprint density at radius 3 is 2.38 bits per heavy atom. The molecule has 2 aromatic carbocycles. The first-order valence-electron chi connectivity index (χ1n) is 11.4. The van der Waals surface area contributed by atoms with Crippen molar-refractivity contribution >= 4 is 50.7 Å². The van der Waals surface area contributed by atoms with Crippen LogP contribution in [0.2, 0.25) is 5.02 Å². The van der Waals surface area contributed by atoms with Gasteiger partial charge in [0.1, 0.15) is 5.54 Å². The lowest BCUT2D eigenvalue weighted by molar-refractivity contribution is -0.120. The third kappa shape index (κ3) is 4.61. The van der Waals surface area contributed by atoms with Crippen molar-refractivity contribution in [2.24, 2.45) is 0 Å². The molecular formula is C25H18ClF3N4O5S. The SMILES string of the molecule is O=C(Nc1cnccc1CN1C(=O)N(c2ccc(S(=O)(=O)C(F)(F)F)cc2)C(=O)C12CC2)c1cccc(Cl)c1. The van der Waals surface area contributed by atoms with Gasteiger partial charge in [-0.1, -0.05) is 17.7 Å². The number of hydrogen-bond donors (Lipinski definition) is 1. The molecule has 1 aliphatic heterocycles. The van der Waals surface area contributed by atoms with Gasteiger partial charge in [0, 0.05) is 16.8 Å². The predicted octanol–water partition coefficient (Wildman–Crippen LogP) is 4.78. The van der Waals surface area contributed by atoms with Gasteiger partial charge in [0.15, 0.2) is 0 Å². The van der Waals surface area contributed by atoms with Crippen molar-refractivity contribution in [2.45, 2.75) is 35.3 Å². The first kappa shape index (κ1) is 26.6. The lowest BCUT2D eigenvalue weighted by Gasteiger charge is -2.22. The highest BCUT2D eigenvalue weighted by Gasteiger charge is 2.65. The number of benzene rings is 2. The predicted molar refractivity (Wildman–Crippen MR) is 134 cm³/mol. The molecule has 2 aliphatic rings. The van der Waals surface area contributed by atoms with Crippen molar-refractivity contribution in [1.29, 1.82) is 0 Å². The minimum Gasteiger partial charge on any atom is -0.320 e. The average molecular weight is 579 g/mol. The van der Waals surface area contributed by atoms with Crippen molar-refractivity contribution in [3.05, 3.63) is 83.1 Å². The summed E-state index contributed by atoms with van der Waals surface area (Å²) in [6, 6.07) is 10.5. The van der Waals surface area contributed by atoms with E-state index in [0.29, 0.717) is 46.8 Å². The van der Waals surface area contributed by atoms with Crippen LogP contribution >= 0.6 is 11.6 Å². The van der Waals surface area contributed by atoms with Gasteiger partial charge in [-0.2, -0.15) is 13.2 Å². The van der Waals surface area contributed by atoms with Crippen molar-refractivity contribution in [2.75, 3.05) is 10.2 Å². The van der Waals surface area contributed by atoms with E-state index in [1.807, 2.05) is 0 Å². The number of rotatable bonds is 6. The van der Waals surface area contributed by atoms with E-state index in [1.165, 1.54) is 23.4 Å². The third-order valence-corrected chi connectivity index (χ3v) is 8.29. The Labute approximate surface area is 225 Å². The molecule has 3 aromatic rings. The highest BCUT2D eigenvalue weighted by Crippen LogP contribution is 2.50. The number of pyridine rings is 1. The van der Waals surface area contributed by atoms with Crippen LogP contribution in [0.4, 0.5) is 29.3 Å². The van der Waals surface area contributed by atoms with E-state index in [-0.39, 0.29) is 12.2 Å². The van der Waals surface area contributed by atoms with Crippen LogP contribution in [0, 0.1) is 0 Å². The van der Waals surface area contributed by atoms with Crippen LogP contribution in [0.5, 0.6) is 0 Å². The van der Waals surface area contributed by atoms with Crippen LogP contribution in [0.25, 0.3) is 0 Å². The number of amides is 4. The molecule has 202 valence electrons. The largest absolute Gasteiger partial charge is 0.501 e. The fourth-order valence-electron chi connectivity index (χ4n) is 4.34. The molecule has 1 aliphatic carbocycles. The van der Waals surface area contributed by atoms with Gasteiger partial charge in [-0.05, 0) is 66.9 Å². The van der Waals surface area contributed by atoms with Crippen LogP contribution in [0.1, 0.15) is 28.8 Å². The molecule has 0 radical (unpaired) electrons. The number of hydrogen-bond acceptors (Lipinski definition) is 6. The van der Waals surface area contributed by atoms with Crippen molar-refractivity contribution in [3.8, 4) is 0 Å². The summed E-state index contributed by atoms with van der Waals surface area (Å²) in [6.45, 7) is -0.0741. The van der Waals surface area contributed by atoms with Crippen molar-refractivity contribution < 1.29 is 36.0 Å².